The SMILES string of the molecule is COC(=O)N(C)CCCBr. The van der Waals surface area contributed by atoms with Gasteiger partial charge in [-0.15, -0.1) is 0 Å². The fourth-order valence-electron chi connectivity index (χ4n) is 0.544. The Bertz CT molecular complexity index is 108. The minimum atomic E-state index is -0.277. The Morgan fingerprint density at radius 1 is 1.70 bits per heavy atom. The standard InChI is InChI=1S/C6H12BrNO2/c1-8(5-3-4-7)6(9)10-2/h3-5H2,1-2H3. The summed E-state index contributed by atoms with van der Waals surface area (Å²) in [5.41, 5.74) is 0. The van der Waals surface area contributed by atoms with Crippen molar-refractivity contribution in [3.63, 3.8) is 0 Å². The van der Waals surface area contributed by atoms with Crippen LogP contribution in [-0.2, 0) is 4.74 Å². The van der Waals surface area contributed by atoms with Crippen molar-refractivity contribution in [2.24, 2.45) is 0 Å². The van der Waals surface area contributed by atoms with E-state index in [1.807, 2.05) is 0 Å². The molecule has 0 aliphatic rings. The molecular weight excluding hydrogens is 198 g/mol. The second kappa shape index (κ2) is 5.53. The number of hydrogen-bond acceptors (Lipinski definition) is 2. The molecule has 0 bridgehead atoms. The van der Waals surface area contributed by atoms with Crippen LogP contribution in [0.1, 0.15) is 6.42 Å². The number of ether oxygens (including phenoxy) is 1. The Balaban J connectivity index is 3.41. The summed E-state index contributed by atoms with van der Waals surface area (Å²) >= 11 is 3.27. The van der Waals surface area contributed by atoms with Gasteiger partial charge in [-0.2, -0.15) is 0 Å². The maximum atomic E-state index is 10.7. The summed E-state index contributed by atoms with van der Waals surface area (Å²) in [7, 11) is 3.10. The van der Waals surface area contributed by atoms with E-state index in [1.165, 1.54) is 7.11 Å². The van der Waals surface area contributed by atoms with E-state index in [9.17, 15) is 4.79 Å². The molecule has 0 heterocycles. The molecule has 0 unspecified atom stereocenters. The van der Waals surface area contributed by atoms with Crippen molar-refractivity contribution in [2.45, 2.75) is 6.42 Å². The van der Waals surface area contributed by atoms with Crippen LogP contribution < -0.4 is 0 Å². The van der Waals surface area contributed by atoms with E-state index in [0.29, 0.717) is 0 Å². The van der Waals surface area contributed by atoms with Crippen LogP contribution in [-0.4, -0.2) is 37.0 Å². The fourth-order valence-corrected chi connectivity index (χ4v) is 0.795. The van der Waals surface area contributed by atoms with Gasteiger partial charge in [0.15, 0.2) is 0 Å². The molecule has 0 atom stereocenters. The number of hydrogen-bond donors (Lipinski definition) is 0. The van der Waals surface area contributed by atoms with Crippen molar-refractivity contribution in [1.29, 1.82) is 0 Å². The lowest BCUT2D eigenvalue weighted by Gasteiger charge is -2.13. The van der Waals surface area contributed by atoms with Gasteiger partial charge in [0, 0.05) is 18.9 Å². The number of halogens is 1. The van der Waals surface area contributed by atoms with Gasteiger partial charge in [-0.3, -0.25) is 0 Å². The summed E-state index contributed by atoms with van der Waals surface area (Å²) in [6, 6.07) is 0. The average Bonchev–Trinajstić information content (AvgIpc) is 1.98. The van der Waals surface area contributed by atoms with Crippen molar-refractivity contribution in [3.05, 3.63) is 0 Å². The first-order valence-corrected chi connectivity index (χ1v) is 4.19. The highest BCUT2D eigenvalue weighted by Crippen LogP contribution is 1.93. The van der Waals surface area contributed by atoms with Crippen LogP contribution in [0.5, 0.6) is 0 Å². The fraction of sp³-hybridized carbons (Fsp3) is 0.833. The Kier molecular flexibility index (Phi) is 5.39. The molecule has 0 aromatic heterocycles. The van der Waals surface area contributed by atoms with Gasteiger partial charge in [0.2, 0.25) is 0 Å². The number of rotatable bonds is 3. The summed E-state index contributed by atoms with van der Waals surface area (Å²) in [6.45, 7) is 0.734. The Morgan fingerprint density at radius 3 is 2.70 bits per heavy atom. The number of amides is 1. The third kappa shape index (κ3) is 3.71. The van der Waals surface area contributed by atoms with Gasteiger partial charge in [0.1, 0.15) is 0 Å². The predicted molar refractivity (Wildman–Crippen MR) is 43.4 cm³/mol. The minimum absolute atomic E-state index is 0.277. The minimum Gasteiger partial charge on any atom is -0.453 e. The second-order valence-corrected chi connectivity index (χ2v) is 2.73. The van der Waals surface area contributed by atoms with Crippen LogP contribution in [0.2, 0.25) is 0 Å². The number of alkyl halides is 1. The van der Waals surface area contributed by atoms with Crippen LogP contribution in [0.4, 0.5) is 4.79 Å². The highest BCUT2D eigenvalue weighted by molar-refractivity contribution is 9.09. The van der Waals surface area contributed by atoms with Gasteiger partial charge < -0.3 is 9.64 Å². The van der Waals surface area contributed by atoms with E-state index in [-0.39, 0.29) is 6.09 Å². The molecule has 4 heteroatoms. The molecule has 0 N–H and O–H groups in total. The van der Waals surface area contributed by atoms with E-state index in [4.69, 9.17) is 0 Å². The molecule has 3 nitrogen and oxygen atoms in total. The highest BCUT2D eigenvalue weighted by Gasteiger charge is 2.05. The van der Waals surface area contributed by atoms with Gasteiger partial charge in [0.05, 0.1) is 7.11 Å². The summed E-state index contributed by atoms with van der Waals surface area (Å²) in [5, 5.41) is 0.911. The molecule has 0 aromatic rings. The van der Waals surface area contributed by atoms with Crippen molar-refractivity contribution in [3.8, 4) is 0 Å². The molecule has 0 fully saturated rings. The summed E-state index contributed by atoms with van der Waals surface area (Å²) in [5.74, 6) is 0. The molecule has 0 aliphatic heterocycles. The molecule has 0 spiro atoms. The zero-order valence-electron chi connectivity index (χ0n) is 6.26. The maximum Gasteiger partial charge on any atom is 0.409 e. The molecule has 0 saturated carbocycles. The lowest BCUT2D eigenvalue weighted by atomic mass is 10.5. The Morgan fingerprint density at radius 2 is 2.30 bits per heavy atom. The molecule has 60 valence electrons. The highest BCUT2D eigenvalue weighted by atomic mass is 79.9. The van der Waals surface area contributed by atoms with Crippen molar-refractivity contribution in [1.82, 2.24) is 4.90 Å². The predicted octanol–water partition coefficient (Wildman–Crippen LogP) is 1.47. The molecule has 0 rings (SSSR count). The first-order valence-electron chi connectivity index (χ1n) is 3.07. The molecule has 1 amide bonds. The van der Waals surface area contributed by atoms with Gasteiger partial charge in [-0.1, -0.05) is 15.9 Å². The third-order valence-electron chi connectivity index (χ3n) is 1.11. The molecule has 0 aromatic carbocycles. The summed E-state index contributed by atoms with van der Waals surface area (Å²) in [4.78, 5) is 12.2. The van der Waals surface area contributed by atoms with Crippen LogP contribution >= 0.6 is 15.9 Å². The first kappa shape index (κ1) is 9.75. The van der Waals surface area contributed by atoms with Gasteiger partial charge in [-0.05, 0) is 6.42 Å². The van der Waals surface area contributed by atoms with Crippen molar-refractivity contribution < 1.29 is 9.53 Å². The molecular formula is C6H12BrNO2. The van der Waals surface area contributed by atoms with E-state index in [1.54, 1.807) is 11.9 Å². The normalized spacial score (nSPS) is 9.10. The average molecular weight is 210 g/mol. The van der Waals surface area contributed by atoms with Gasteiger partial charge >= 0.3 is 6.09 Å². The molecule has 10 heavy (non-hydrogen) atoms. The quantitative estimate of drug-likeness (QED) is 0.660. The van der Waals surface area contributed by atoms with Gasteiger partial charge in [-0.25, -0.2) is 4.79 Å². The topological polar surface area (TPSA) is 29.5 Å². The monoisotopic (exact) mass is 209 g/mol. The smallest absolute Gasteiger partial charge is 0.409 e. The number of nitrogens with zero attached hydrogens (tertiary/aromatic N) is 1. The Labute approximate surface area is 69.5 Å². The number of carbonyl (C=O) groups excluding carboxylic acids is 1. The first-order chi connectivity index (χ1) is 4.72. The van der Waals surface area contributed by atoms with Crippen LogP contribution in [0.15, 0.2) is 0 Å². The van der Waals surface area contributed by atoms with Gasteiger partial charge in [0.25, 0.3) is 0 Å². The summed E-state index contributed by atoms with van der Waals surface area (Å²) in [6.07, 6.45) is 0.673. The maximum absolute atomic E-state index is 10.7. The molecule has 0 aliphatic carbocycles. The Hall–Kier alpha value is -0.250. The van der Waals surface area contributed by atoms with Crippen LogP contribution in [0, 0.1) is 0 Å². The van der Waals surface area contributed by atoms with Crippen LogP contribution in [0.3, 0.4) is 0 Å². The third-order valence-corrected chi connectivity index (χ3v) is 1.67. The lowest BCUT2D eigenvalue weighted by molar-refractivity contribution is 0.133. The summed E-state index contributed by atoms with van der Waals surface area (Å²) < 4.78 is 4.48. The molecule has 0 radical (unpaired) electrons. The largest absolute Gasteiger partial charge is 0.453 e. The lowest BCUT2D eigenvalue weighted by Crippen LogP contribution is -2.27. The van der Waals surface area contributed by atoms with Crippen molar-refractivity contribution in [2.75, 3.05) is 26.0 Å². The van der Waals surface area contributed by atoms with E-state index >= 15 is 0 Å². The zero-order chi connectivity index (χ0) is 7.98. The van der Waals surface area contributed by atoms with E-state index < -0.39 is 0 Å². The van der Waals surface area contributed by atoms with Crippen LogP contribution in [0.25, 0.3) is 0 Å². The zero-order valence-corrected chi connectivity index (χ0v) is 7.85. The van der Waals surface area contributed by atoms with Crippen molar-refractivity contribution >= 4 is 22.0 Å². The van der Waals surface area contributed by atoms with E-state index in [0.717, 1.165) is 18.3 Å². The molecule has 0 saturated heterocycles. The second-order valence-electron chi connectivity index (χ2n) is 1.93. The van der Waals surface area contributed by atoms with E-state index in [2.05, 4.69) is 20.7 Å². The number of methoxy groups -OCH3 is 1. The number of carbonyl (C=O) groups is 1.